The average molecular weight is 253 g/mol. The number of esters is 2. The van der Waals surface area contributed by atoms with E-state index in [0.717, 1.165) is 0 Å². The standard InChI is InChI=1S/C7H9NO2.C6H10O2/c1-6(2)7(9)10-5-3-4-8;1-4-8-6(7)5(2)3/h1,3,5H2,2H3;2,4H2,1,3H3. The monoisotopic (exact) mass is 253 g/mol. The lowest BCUT2D eigenvalue weighted by Gasteiger charge is -1.98. The molecule has 0 radical (unpaired) electrons. The highest BCUT2D eigenvalue weighted by Gasteiger charge is 2.00. The van der Waals surface area contributed by atoms with Gasteiger partial charge in [0.1, 0.15) is 6.61 Å². The van der Waals surface area contributed by atoms with Crippen molar-refractivity contribution in [2.45, 2.75) is 27.2 Å². The Morgan fingerprint density at radius 3 is 1.83 bits per heavy atom. The van der Waals surface area contributed by atoms with Gasteiger partial charge in [0.15, 0.2) is 0 Å². The van der Waals surface area contributed by atoms with Gasteiger partial charge in [-0.2, -0.15) is 5.26 Å². The predicted molar refractivity (Wildman–Crippen MR) is 67.5 cm³/mol. The van der Waals surface area contributed by atoms with Gasteiger partial charge in [-0.15, -0.1) is 0 Å². The van der Waals surface area contributed by atoms with Gasteiger partial charge in [-0.05, 0) is 20.8 Å². The minimum absolute atomic E-state index is 0.155. The van der Waals surface area contributed by atoms with Gasteiger partial charge >= 0.3 is 11.9 Å². The molecule has 0 N–H and O–H groups in total. The summed E-state index contributed by atoms with van der Waals surface area (Å²) < 4.78 is 9.15. The lowest BCUT2D eigenvalue weighted by Crippen LogP contribution is -2.05. The fourth-order valence-corrected chi connectivity index (χ4v) is 0.567. The summed E-state index contributed by atoms with van der Waals surface area (Å²) in [5.41, 5.74) is 0.810. The van der Waals surface area contributed by atoms with Crippen LogP contribution in [0, 0.1) is 11.3 Å². The molecule has 5 nitrogen and oxygen atoms in total. The van der Waals surface area contributed by atoms with Gasteiger partial charge in [0.2, 0.25) is 0 Å². The summed E-state index contributed by atoms with van der Waals surface area (Å²) in [6.45, 7) is 12.3. The molecule has 0 aliphatic heterocycles. The second-order valence-corrected chi connectivity index (χ2v) is 3.33. The molecule has 0 saturated carbocycles. The zero-order chi connectivity index (χ0) is 14.6. The Kier molecular flexibility index (Phi) is 11.6. The molecule has 18 heavy (non-hydrogen) atoms. The highest BCUT2D eigenvalue weighted by atomic mass is 16.5. The van der Waals surface area contributed by atoms with Gasteiger partial charge in [-0.3, -0.25) is 0 Å². The molecule has 0 fully saturated rings. The second-order valence-electron chi connectivity index (χ2n) is 3.33. The Balaban J connectivity index is 0. The van der Waals surface area contributed by atoms with Gasteiger partial charge in [0.05, 0.1) is 19.1 Å². The number of ether oxygens (including phenoxy) is 2. The quantitative estimate of drug-likeness (QED) is 0.426. The first-order valence-corrected chi connectivity index (χ1v) is 5.39. The van der Waals surface area contributed by atoms with E-state index in [0.29, 0.717) is 17.8 Å². The summed E-state index contributed by atoms with van der Waals surface area (Å²) in [5.74, 6) is -0.747. The van der Waals surface area contributed by atoms with Crippen molar-refractivity contribution >= 4 is 11.9 Å². The van der Waals surface area contributed by atoms with Crippen molar-refractivity contribution < 1.29 is 19.1 Å². The van der Waals surface area contributed by atoms with E-state index in [9.17, 15) is 9.59 Å². The number of rotatable bonds is 5. The van der Waals surface area contributed by atoms with E-state index < -0.39 is 5.97 Å². The van der Waals surface area contributed by atoms with E-state index >= 15 is 0 Å². The predicted octanol–water partition coefficient (Wildman–Crippen LogP) is 2.14. The molecule has 0 unspecified atom stereocenters. The minimum atomic E-state index is -0.435. The van der Waals surface area contributed by atoms with Gasteiger partial charge < -0.3 is 9.47 Å². The van der Waals surface area contributed by atoms with Crippen molar-refractivity contribution in [3.05, 3.63) is 24.3 Å². The molecule has 0 aromatic carbocycles. The summed E-state index contributed by atoms with van der Waals surface area (Å²) >= 11 is 0. The van der Waals surface area contributed by atoms with Crippen LogP contribution in [-0.4, -0.2) is 25.2 Å². The normalized spacial score (nSPS) is 8.11. The number of nitrogens with zero attached hydrogens (tertiary/aromatic N) is 1. The second kappa shape index (κ2) is 11.4. The van der Waals surface area contributed by atoms with E-state index in [4.69, 9.17) is 5.26 Å². The Morgan fingerprint density at radius 2 is 1.56 bits per heavy atom. The SMILES string of the molecule is C=C(C)C(=O)OCC.C=C(C)C(=O)OCCC#N. The Labute approximate surface area is 108 Å². The largest absolute Gasteiger partial charge is 0.463 e. The van der Waals surface area contributed by atoms with E-state index in [1.807, 2.05) is 6.07 Å². The number of hydrogen-bond acceptors (Lipinski definition) is 5. The smallest absolute Gasteiger partial charge is 0.333 e. The molecule has 0 spiro atoms. The highest BCUT2D eigenvalue weighted by Crippen LogP contribution is 1.92. The van der Waals surface area contributed by atoms with Crippen molar-refractivity contribution in [1.29, 1.82) is 5.26 Å². The summed E-state index contributed by atoms with van der Waals surface area (Å²) in [6, 6.07) is 1.86. The lowest BCUT2D eigenvalue weighted by molar-refractivity contribution is -0.139. The van der Waals surface area contributed by atoms with E-state index in [1.54, 1.807) is 20.8 Å². The summed E-state index contributed by atoms with van der Waals surface area (Å²) in [6.07, 6.45) is 0.235. The van der Waals surface area contributed by atoms with Crippen molar-refractivity contribution in [3.63, 3.8) is 0 Å². The van der Waals surface area contributed by atoms with Gasteiger partial charge in [-0.25, -0.2) is 9.59 Å². The first kappa shape index (κ1) is 18.3. The van der Waals surface area contributed by atoms with Gasteiger partial charge in [0.25, 0.3) is 0 Å². The molecule has 0 amide bonds. The van der Waals surface area contributed by atoms with Crippen LogP contribution in [0.4, 0.5) is 0 Å². The number of carbonyl (C=O) groups excluding carboxylic acids is 2. The first-order valence-electron chi connectivity index (χ1n) is 5.39. The third-order valence-electron chi connectivity index (χ3n) is 1.42. The van der Waals surface area contributed by atoms with E-state index in [1.165, 1.54) is 0 Å². The molecule has 0 aliphatic carbocycles. The number of carbonyl (C=O) groups is 2. The summed E-state index contributed by atoms with van der Waals surface area (Å²) in [5, 5.41) is 8.05. The Morgan fingerprint density at radius 1 is 1.11 bits per heavy atom. The Hall–Kier alpha value is -2.09. The molecule has 0 aromatic rings. The van der Waals surface area contributed by atoms with Crippen molar-refractivity contribution in [2.75, 3.05) is 13.2 Å². The van der Waals surface area contributed by atoms with Crippen LogP contribution >= 0.6 is 0 Å². The molecule has 0 bridgehead atoms. The van der Waals surface area contributed by atoms with Crippen LogP contribution in [-0.2, 0) is 19.1 Å². The molecule has 0 aliphatic rings. The molecule has 100 valence electrons. The van der Waals surface area contributed by atoms with Crippen LogP contribution in [0.25, 0.3) is 0 Å². The van der Waals surface area contributed by atoms with Gasteiger partial charge in [-0.1, -0.05) is 13.2 Å². The van der Waals surface area contributed by atoms with Gasteiger partial charge in [0, 0.05) is 11.1 Å². The summed E-state index contributed by atoms with van der Waals surface area (Å²) in [4.78, 5) is 21.0. The van der Waals surface area contributed by atoms with Crippen molar-refractivity contribution in [2.24, 2.45) is 0 Å². The zero-order valence-corrected chi connectivity index (χ0v) is 11.1. The molecular formula is C13H19NO4. The molecule has 5 heteroatoms. The fraction of sp³-hybridized carbons (Fsp3) is 0.462. The van der Waals surface area contributed by atoms with E-state index in [2.05, 4.69) is 22.6 Å². The van der Waals surface area contributed by atoms with Crippen LogP contribution in [0.5, 0.6) is 0 Å². The van der Waals surface area contributed by atoms with Crippen LogP contribution in [0.2, 0.25) is 0 Å². The molecule has 0 aromatic heterocycles. The van der Waals surface area contributed by atoms with Crippen LogP contribution < -0.4 is 0 Å². The topological polar surface area (TPSA) is 76.4 Å². The molecule has 0 heterocycles. The molecule has 0 rings (SSSR count). The van der Waals surface area contributed by atoms with Crippen molar-refractivity contribution in [3.8, 4) is 6.07 Å². The van der Waals surface area contributed by atoms with E-state index in [-0.39, 0.29) is 19.0 Å². The zero-order valence-electron chi connectivity index (χ0n) is 11.1. The highest BCUT2D eigenvalue weighted by molar-refractivity contribution is 5.87. The molecule has 0 saturated heterocycles. The third-order valence-corrected chi connectivity index (χ3v) is 1.42. The maximum atomic E-state index is 10.6. The van der Waals surface area contributed by atoms with Crippen LogP contribution in [0.3, 0.4) is 0 Å². The number of hydrogen-bond donors (Lipinski definition) is 0. The maximum Gasteiger partial charge on any atom is 0.333 e. The minimum Gasteiger partial charge on any atom is -0.463 e. The molecular weight excluding hydrogens is 234 g/mol. The van der Waals surface area contributed by atoms with Crippen LogP contribution in [0.1, 0.15) is 27.2 Å². The summed E-state index contributed by atoms with van der Waals surface area (Å²) in [7, 11) is 0. The first-order chi connectivity index (χ1) is 8.36. The van der Waals surface area contributed by atoms with Crippen LogP contribution in [0.15, 0.2) is 24.3 Å². The maximum absolute atomic E-state index is 10.6. The Bertz CT molecular complexity index is 352. The molecule has 0 atom stereocenters. The number of nitriles is 1. The lowest BCUT2D eigenvalue weighted by atomic mass is 10.4. The third kappa shape index (κ3) is 12.0. The fourth-order valence-electron chi connectivity index (χ4n) is 0.567. The van der Waals surface area contributed by atoms with Crippen molar-refractivity contribution in [1.82, 2.24) is 0 Å². The average Bonchev–Trinajstić information content (AvgIpc) is 2.30.